The first-order chi connectivity index (χ1) is 7.56. The molecule has 16 heavy (non-hydrogen) atoms. The molecule has 0 aliphatic rings. The van der Waals surface area contributed by atoms with Crippen LogP contribution in [-0.2, 0) is 6.54 Å². The lowest BCUT2D eigenvalue weighted by Gasteiger charge is -2.08. The lowest BCUT2D eigenvalue weighted by atomic mass is 10.1. The van der Waals surface area contributed by atoms with E-state index in [2.05, 4.69) is 4.98 Å². The second kappa shape index (κ2) is 3.87. The van der Waals surface area contributed by atoms with Gasteiger partial charge in [0.1, 0.15) is 5.82 Å². The summed E-state index contributed by atoms with van der Waals surface area (Å²) in [5.74, 6) is -0.385. The lowest BCUT2D eigenvalue weighted by molar-refractivity contribution is 0.620. The van der Waals surface area contributed by atoms with Gasteiger partial charge in [-0.15, -0.1) is 0 Å². The molecule has 1 heterocycles. The molecule has 0 saturated heterocycles. The fourth-order valence-corrected chi connectivity index (χ4v) is 1.93. The van der Waals surface area contributed by atoms with Crippen molar-refractivity contribution in [3.8, 4) is 0 Å². The largest absolute Gasteiger partial charge is 0.283 e. The molecule has 0 spiro atoms. The number of hydrogen-bond donors (Lipinski definition) is 0. The van der Waals surface area contributed by atoms with Gasteiger partial charge in [-0.25, -0.2) is 9.37 Å². The number of benzene rings is 1. The molecule has 0 aliphatic heterocycles. The molecular weight excluding hydrogens is 231 g/mol. The van der Waals surface area contributed by atoms with Gasteiger partial charge in [0.2, 0.25) is 5.28 Å². The molecule has 0 atom stereocenters. The van der Waals surface area contributed by atoms with Crippen LogP contribution in [0, 0.1) is 12.7 Å². The summed E-state index contributed by atoms with van der Waals surface area (Å²) in [6, 6.07) is 2.71. The standard InChI is InChI=1S/C11H10ClFN2O/c1-3-15-10(16)7-4-5-8(13)6(2)9(7)14-11(15)12/h4-5H,3H2,1-2H3. The molecule has 0 bridgehead atoms. The van der Waals surface area contributed by atoms with Crippen molar-refractivity contribution in [3.63, 3.8) is 0 Å². The van der Waals surface area contributed by atoms with E-state index in [1.807, 2.05) is 0 Å². The predicted octanol–water partition coefficient (Wildman–Crippen LogP) is 2.52. The Kier molecular flexibility index (Phi) is 2.68. The van der Waals surface area contributed by atoms with Crippen LogP contribution in [0.2, 0.25) is 5.28 Å². The number of aromatic nitrogens is 2. The Bertz CT molecular complexity index is 621. The van der Waals surface area contributed by atoms with Crippen LogP contribution in [0.1, 0.15) is 12.5 Å². The Labute approximate surface area is 96.5 Å². The molecule has 1 aromatic carbocycles. The third kappa shape index (κ3) is 1.50. The van der Waals surface area contributed by atoms with Crippen molar-refractivity contribution in [2.75, 3.05) is 0 Å². The number of nitrogens with zero attached hydrogens (tertiary/aromatic N) is 2. The van der Waals surface area contributed by atoms with Crippen LogP contribution in [0.15, 0.2) is 16.9 Å². The van der Waals surface area contributed by atoms with E-state index in [4.69, 9.17) is 11.6 Å². The van der Waals surface area contributed by atoms with Crippen LogP contribution >= 0.6 is 11.6 Å². The van der Waals surface area contributed by atoms with Gasteiger partial charge in [0.25, 0.3) is 5.56 Å². The van der Waals surface area contributed by atoms with Gasteiger partial charge in [-0.3, -0.25) is 9.36 Å². The number of fused-ring (bicyclic) bond motifs is 1. The zero-order valence-electron chi connectivity index (χ0n) is 8.92. The van der Waals surface area contributed by atoms with Crippen LogP contribution in [0.4, 0.5) is 4.39 Å². The summed E-state index contributed by atoms with van der Waals surface area (Å²) in [4.78, 5) is 16.0. The van der Waals surface area contributed by atoms with E-state index in [9.17, 15) is 9.18 Å². The number of hydrogen-bond acceptors (Lipinski definition) is 2. The monoisotopic (exact) mass is 240 g/mol. The van der Waals surface area contributed by atoms with E-state index < -0.39 is 0 Å². The SMILES string of the molecule is CCn1c(Cl)nc2c(C)c(F)ccc2c1=O. The van der Waals surface area contributed by atoms with Crippen molar-refractivity contribution in [3.05, 3.63) is 39.2 Å². The van der Waals surface area contributed by atoms with E-state index in [1.165, 1.54) is 16.7 Å². The van der Waals surface area contributed by atoms with E-state index in [0.29, 0.717) is 23.0 Å². The van der Waals surface area contributed by atoms with E-state index in [-0.39, 0.29) is 16.7 Å². The first-order valence-electron chi connectivity index (χ1n) is 4.91. The van der Waals surface area contributed by atoms with Crippen LogP contribution in [-0.4, -0.2) is 9.55 Å². The molecule has 2 rings (SSSR count). The second-order valence-corrected chi connectivity index (χ2v) is 3.84. The summed E-state index contributed by atoms with van der Waals surface area (Å²) in [6.07, 6.45) is 0. The third-order valence-electron chi connectivity index (χ3n) is 2.58. The molecule has 3 nitrogen and oxygen atoms in total. The smallest absolute Gasteiger partial charge is 0.262 e. The predicted molar refractivity (Wildman–Crippen MR) is 61.4 cm³/mol. The second-order valence-electron chi connectivity index (χ2n) is 3.50. The Balaban J connectivity index is 2.99. The van der Waals surface area contributed by atoms with Gasteiger partial charge in [-0.05, 0) is 37.6 Å². The third-order valence-corrected chi connectivity index (χ3v) is 2.87. The summed E-state index contributed by atoms with van der Waals surface area (Å²) in [5.41, 5.74) is 0.444. The average Bonchev–Trinajstić information content (AvgIpc) is 2.25. The molecule has 0 unspecified atom stereocenters. The first kappa shape index (κ1) is 11.1. The maximum absolute atomic E-state index is 13.3. The maximum atomic E-state index is 13.3. The fraction of sp³-hybridized carbons (Fsp3) is 0.273. The van der Waals surface area contributed by atoms with Crippen LogP contribution in [0.25, 0.3) is 10.9 Å². The Morgan fingerprint density at radius 3 is 2.81 bits per heavy atom. The molecule has 0 aliphatic carbocycles. The topological polar surface area (TPSA) is 34.9 Å². The van der Waals surface area contributed by atoms with Crippen molar-refractivity contribution in [2.45, 2.75) is 20.4 Å². The fourth-order valence-electron chi connectivity index (χ4n) is 1.65. The van der Waals surface area contributed by atoms with Gasteiger partial charge in [0.05, 0.1) is 10.9 Å². The molecule has 2 aromatic rings. The molecular formula is C11H10ClFN2O. The number of halogens is 2. The van der Waals surface area contributed by atoms with Crippen LogP contribution in [0.3, 0.4) is 0 Å². The van der Waals surface area contributed by atoms with E-state index in [1.54, 1.807) is 13.8 Å². The zero-order chi connectivity index (χ0) is 11.9. The molecule has 1 aromatic heterocycles. The zero-order valence-corrected chi connectivity index (χ0v) is 9.68. The van der Waals surface area contributed by atoms with Gasteiger partial charge in [-0.2, -0.15) is 0 Å². The van der Waals surface area contributed by atoms with Gasteiger partial charge in [-0.1, -0.05) is 0 Å². The molecule has 0 fully saturated rings. The minimum absolute atomic E-state index is 0.0914. The van der Waals surface area contributed by atoms with Gasteiger partial charge < -0.3 is 0 Å². The molecule has 0 saturated carbocycles. The van der Waals surface area contributed by atoms with Crippen molar-refractivity contribution < 1.29 is 4.39 Å². The van der Waals surface area contributed by atoms with Gasteiger partial charge in [0, 0.05) is 12.1 Å². The Morgan fingerprint density at radius 2 is 2.19 bits per heavy atom. The minimum Gasteiger partial charge on any atom is -0.283 e. The Hall–Kier alpha value is -1.42. The highest BCUT2D eigenvalue weighted by Crippen LogP contribution is 2.18. The normalized spacial score (nSPS) is 11.0. The highest BCUT2D eigenvalue weighted by Gasteiger charge is 2.11. The quantitative estimate of drug-likeness (QED) is 0.718. The van der Waals surface area contributed by atoms with Crippen LogP contribution < -0.4 is 5.56 Å². The van der Waals surface area contributed by atoms with Crippen LogP contribution in [0.5, 0.6) is 0 Å². The van der Waals surface area contributed by atoms with Crippen molar-refractivity contribution in [1.29, 1.82) is 0 Å². The molecule has 0 radical (unpaired) electrons. The molecule has 84 valence electrons. The number of rotatable bonds is 1. The Morgan fingerprint density at radius 1 is 1.50 bits per heavy atom. The summed E-state index contributed by atoms with van der Waals surface area (Å²) >= 11 is 5.86. The average molecular weight is 241 g/mol. The van der Waals surface area contributed by atoms with Gasteiger partial charge >= 0.3 is 0 Å². The minimum atomic E-state index is -0.385. The van der Waals surface area contributed by atoms with E-state index in [0.717, 1.165) is 0 Å². The van der Waals surface area contributed by atoms with Gasteiger partial charge in [0.15, 0.2) is 0 Å². The molecule has 0 amide bonds. The highest BCUT2D eigenvalue weighted by atomic mass is 35.5. The summed E-state index contributed by atoms with van der Waals surface area (Å²) in [5, 5.41) is 0.485. The van der Waals surface area contributed by atoms with Crippen molar-refractivity contribution >= 4 is 22.5 Å². The van der Waals surface area contributed by atoms with E-state index >= 15 is 0 Å². The maximum Gasteiger partial charge on any atom is 0.262 e. The highest BCUT2D eigenvalue weighted by molar-refractivity contribution is 6.28. The van der Waals surface area contributed by atoms with Crippen molar-refractivity contribution in [1.82, 2.24) is 9.55 Å². The first-order valence-corrected chi connectivity index (χ1v) is 5.29. The summed E-state index contributed by atoms with van der Waals surface area (Å²) < 4.78 is 14.7. The summed E-state index contributed by atoms with van der Waals surface area (Å²) in [7, 11) is 0. The molecule has 5 heteroatoms. The summed E-state index contributed by atoms with van der Waals surface area (Å²) in [6.45, 7) is 3.82. The molecule has 0 N–H and O–H groups in total. The lowest BCUT2D eigenvalue weighted by Crippen LogP contribution is -2.21. The van der Waals surface area contributed by atoms with Crippen molar-refractivity contribution in [2.24, 2.45) is 0 Å². The number of aryl methyl sites for hydroxylation is 1.